The summed E-state index contributed by atoms with van der Waals surface area (Å²) in [6.07, 6.45) is 0. The van der Waals surface area contributed by atoms with Crippen LogP contribution in [0.3, 0.4) is 0 Å². The van der Waals surface area contributed by atoms with Gasteiger partial charge >= 0.3 is 15.2 Å². The van der Waals surface area contributed by atoms with Gasteiger partial charge in [-0.15, -0.1) is 0 Å². The molecule has 14 nitrogen and oxygen atoms in total. The highest BCUT2D eigenvalue weighted by Crippen LogP contribution is 2.32. The zero-order valence-corrected chi connectivity index (χ0v) is 25.4. The smallest absolute Gasteiger partial charge is 0.374 e. The summed E-state index contributed by atoms with van der Waals surface area (Å²) in [7, 11) is -8.97. The molecule has 4 heterocycles. The van der Waals surface area contributed by atoms with Crippen molar-refractivity contribution in [2.24, 2.45) is 0 Å². The lowest BCUT2D eigenvalue weighted by Gasteiger charge is -2.24. The second-order valence-electron chi connectivity index (χ2n) is 9.94. The molecular weight excluding hydrogens is 600 g/mol. The van der Waals surface area contributed by atoms with Crippen molar-refractivity contribution in [3.8, 4) is 0 Å². The fraction of sp³-hybridized carbons (Fsp3) is 0.444. The standard InChI is InChI=1S/C27H37N5O9P2/c33-42(34,35)26-8-2-6-24(29-26)20-31-10-12-39-14-16-41-17-15-40-13-11-32(19-23-5-1-4-22(18-31)28-23)21-25-7-3-9-27(30-25)43(36,37)38/h1-9H,10-21H2,(H2,33,34,35)(H2,36,37,38). The molecule has 2 bridgehead atoms. The van der Waals surface area contributed by atoms with Crippen LogP contribution >= 0.6 is 15.2 Å². The Bertz CT molecular complexity index is 1320. The molecule has 0 unspecified atom stereocenters. The summed E-state index contributed by atoms with van der Waals surface area (Å²) < 4.78 is 40.6. The van der Waals surface area contributed by atoms with Crippen molar-refractivity contribution < 1.29 is 42.9 Å². The van der Waals surface area contributed by atoms with Gasteiger partial charge in [0.25, 0.3) is 0 Å². The summed E-state index contributed by atoms with van der Waals surface area (Å²) in [5.74, 6) is 0. The molecule has 4 N–H and O–H groups in total. The van der Waals surface area contributed by atoms with Crippen LogP contribution in [0.1, 0.15) is 22.8 Å². The summed E-state index contributed by atoms with van der Waals surface area (Å²) in [6, 6.07) is 14.9. The fourth-order valence-corrected chi connectivity index (χ4v) is 5.49. The summed E-state index contributed by atoms with van der Waals surface area (Å²) in [6.45, 7) is 5.00. The molecule has 0 saturated carbocycles. The number of rotatable bonds is 6. The monoisotopic (exact) mass is 637 g/mol. The van der Waals surface area contributed by atoms with Crippen molar-refractivity contribution in [3.63, 3.8) is 0 Å². The normalized spacial score (nSPS) is 17.7. The van der Waals surface area contributed by atoms with E-state index in [1.165, 1.54) is 12.1 Å². The van der Waals surface area contributed by atoms with Crippen molar-refractivity contribution in [1.82, 2.24) is 24.8 Å². The molecule has 0 fully saturated rings. The van der Waals surface area contributed by atoms with E-state index in [0.717, 1.165) is 11.4 Å². The van der Waals surface area contributed by atoms with Gasteiger partial charge in [-0.2, -0.15) is 0 Å². The highest BCUT2D eigenvalue weighted by molar-refractivity contribution is 7.60. The third kappa shape index (κ3) is 11.5. The largest absolute Gasteiger partial charge is 0.378 e. The molecule has 16 heteroatoms. The number of ether oxygens (including phenoxy) is 3. The Balaban J connectivity index is 1.53. The molecule has 3 aromatic rings. The van der Waals surface area contributed by atoms with Gasteiger partial charge in [0, 0.05) is 39.3 Å². The Hall–Kier alpha value is -2.45. The van der Waals surface area contributed by atoms with Gasteiger partial charge in [-0.3, -0.25) is 23.9 Å². The maximum atomic E-state index is 11.7. The Morgan fingerprint density at radius 1 is 0.581 bits per heavy atom. The van der Waals surface area contributed by atoms with Crippen LogP contribution in [0.4, 0.5) is 0 Å². The Labute approximate surface area is 250 Å². The molecule has 1 aliphatic heterocycles. The quantitative estimate of drug-likeness (QED) is 0.274. The van der Waals surface area contributed by atoms with Gasteiger partial charge in [-0.1, -0.05) is 18.2 Å². The van der Waals surface area contributed by atoms with Crippen LogP contribution in [-0.2, 0) is 49.5 Å². The predicted octanol–water partition coefficient (Wildman–Crippen LogP) is 0.545. The Kier molecular flexibility index (Phi) is 12.5. The van der Waals surface area contributed by atoms with Crippen molar-refractivity contribution >= 4 is 26.1 Å². The van der Waals surface area contributed by atoms with Gasteiger partial charge in [0.05, 0.1) is 62.4 Å². The van der Waals surface area contributed by atoms with Crippen molar-refractivity contribution in [2.75, 3.05) is 52.7 Å². The van der Waals surface area contributed by atoms with Crippen LogP contribution in [0.5, 0.6) is 0 Å². The minimum absolute atomic E-state index is 0.273. The molecule has 1 aliphatic rings. The maximum absolute atomic E-state index is 11.7. The van der Waals surface area contributed by atoms with Crippen LogP contribution in [0.15, 0.2) is 54.6 Å². The summed E-state index contributed by atoms with van der Waals surface area (Å²) >= 11 is 0. The number of aromatic nitrogens is 3. The van der Waals surface area contributed by atoms with E-state index in [0.29, 0.717) is 90.3 Å². The number of nitrogens with zero attached hydrogens (tertiary/aromatic N) is 5. The lowest BCUT2D eigenvalue weighted by molar-refractivity contribution is 0.00535. The van der Waals surface area contributed by atoms with E-state index in [1.807, 2.05) is 28.0 Å². The molecule has 3 aromatic heterocycles. The van der Waals surface area contributed by atoms with E-state index in [1.54, 1.807) is 24.3 Å². The number of hydrogen-bond donors (Lipinski definition) is 4. The van der Waals surface area contributed by atoms with E-state index < -0.39 is 15.2 Å². The van der Waals surface area contributed by atoms with Crippen LogP contribution in [0.25, 0.3) is 0 Å². The van der Waals surface area contributed by atoms with Crippen molar-refractivity contribution in [3.05, 3.63) is 77.4 Å². The lowest BCUT2D eigenvalue weighted by Crippen LogP contribution is -2.30. The highest BCUT2D eigenvalue weighted by Gasteiger charge is 2.21. The van der Waals surface area contributed by atoms with Crippen molar-refractivity contribution in [1.29, 1.82) is 0 Å². The van der Waals surface area contributed by atoms with Gasteiger partial charge < -0.3 is 33.8 Å². The van der Waals surface area contributed by atoms with E-state index in [9.17, 15) is 28.7 Å². The Morgan fingerprint density at radius 3 is 1.40 bits per heavy atom. The maximum Gasteiger partial charge on any atom is 0.374 e. The molecule has 0 aliphatic carbocycles. The average molecular weight is 638 g/mol. The van der Waals surface area contributed by atoms with E-state index >= 15 is 0 Å². The SMILES string of the molecule is O=P(O)(O)c1cccc(CN2CCOCCOCCOCCN(Cc3cccc(P(=O)(O)O)n3)Cc3cccc(n3)C2)n1. The molecule has 0 radical (unpaired) electrons. The summed E-state index contributed by atoms with van der Waals surface area (Å²) in [5, 5.41) is 0. The van der Waals surface area contributed by atoms with Gasteiger partial charge in [0.15, 0.2) is 10.9 Å². The van der Waals surface area contributed by atoms with Crippen LogP contribution < -0.4 is 10.9 Å². The van der Waals surface area contributed by atoms with E-state index in [-0.39, 0.29) is 10.9 Å². The van der Waals surface area contributed by atoms with Crippen LogP contribution in [0.2, 0.25) is 0 Å². The molecule has 0 atom stereocenters. The molecular formula is C27H37N5O9P2. The van der Waals surface area contributed by atoms with Crippen LogP contribution in [-0.4, -0.2) is 97.1 Å². The number of hydrogen-bond acceptors (Lipinski definition) is 10. The summed E-state index contributed by atoms with van der Waals surface area (Å²) in [4.78, 5) is 55.5. The zero-order chi connectivity index (χ0) is 30.7. The minimum atomic E-state index is -4.49. The van der Waals surface area contributed by atoms with E-state index in [2.05, 4.69) is 9.97 Å². The topological polar surface area (TPSA) is 188 Å². The first-order chi connectivity index (χ1) is 20.6. The first-order valence-corrected chi connectivity index (χ1v) is 17.0. The van der Waals surface area contributed by atoms with Gasteiger partial charge in [-0.05, 0) is 36.4 Å². The molecule has 0 spiro atoms. The lowest BCUT2D eigenvalue weighted by atomic mass is 10.2. The van der Waals surface area contributed by atoms with Gasteiger partial charge in [0.2, 0.25) is 0 Å². The molecule has 4 rings (SSSR count). The number of pyridine rings is 3. The first kappa shape index (κ1) is 33.4. The fourth-order valence-electron chi connectivity index (χ4n) is 4.41. The van der Waals surface area contributed by atoms with E-state index in [4.69, 9.17) is 19.2 Å². The third-order valence-electron chi connectivity index (χ3n) is 6.44. The molecule has 0 saturated heterocycles. The van der Waals surface area contributed by atoms with Crippen molar-refractivity contribution in [2.45, 2.75) is 26.2 Å². The van der Waals surface area contributed by atoms with Crippen LogP contribution in [0, 0.1) is 0 Å². The third-order valence-corrected chi connectivity index (χ3v) is 8.13. The predicted molar refractivity (Wildman–Crippen MR) is 157 cm³/mol. The highest BCUT2D eigenvalue weighted by atomic mass is 31.2. The zero-order valence-electron chi connectivity index (χ0n) is 23.6. The number of fused-ring (bicyclic) bond motifs is 2. The molecule has 234 valence electrons. The second-order valence-corrected chi connectivity index (χ2v) is 13.0. The second kappa shape index (κ2) is 16.0. The molecule has 0 amide bonds. The Morgan fingerprint density at radius 2 is 0.977 bits per heavy atom. The van der Waals surface area contributed by atoms with Gasteiger partial charge in [-0.25, -0.2) is 9.97 Å². The minimum Gasteiger partial charge on any atom is -0.378 e. The first-order valence-electron chi connectivity index (χ1n) is 13.7. The molecule has 0 aromatic carbocycles. The van der Waals surface area contributed by atoms with Gasteiger partial charge in [0.1, 0.15) is 0 Å². The average Bonchev–Trinajstić information content (AvgIpc) is 2.95. The molecule has 43 heavy (non-hydrogen) atoms. The summed E-state index contributed by atoms with van der Waals surface area (Å²) in [5.41, 5.74) is 2.05.